The molecule has 122 valence electrons. The van der Waals surface area contributed by atoms with Gasteiger partial charge in [0.05, 0.1) is 12.2 Å². The van der Waals surface area contributed by atoms with Crippen molar-refractivity contribution in [3.8, 4) is 0 Å². The van der Waals surface area contributed by atoms with E-state index in [1.807, 2.05) is 6.07 Å². The van der Waals surface area contributed by atoms with Crippen LogP contribution in [0.3, 0.4) is 0 Å². The molecule has 1 saturated carbocycles. The molecule has 0 bridgehead atoms. The average molecular weight is 303 g/mol. The number of nitrogens with zero attached hydrogens (tertiary/aromatic N) is 3. The van der Waals surface area contributed by atoms with E-state index in [0.29, 0.717) is 6.04 Å². The fourth-order valence-corrected chi connectivity index (χ4v) is 3.53. The molecule has 2 aliphatic rings. The van der Waals surface area contributed by atoms with Gasteiger partial charge in [-0.2, -0.15) is 5.10 Å². The molecule has 3 rings (SSSR count). The molecule has 22 heavy (non-hydrogen) atoms. The summed E-state index contributed by atoms with van der Waals surface area (Å²) >= 11 is 0. The van der Waals surface area contributed by atoms with Gasteiger partial charge in [0, 0.05) is 24.1 Å². The normalized spacial score (nSPS) is 23.7. The summed E-state index contributed by atoms with van der Waals surface area (Å²) in [4.78, 5) is 14.8. The first-order valence-corrected chi connectivity index (χ1v) is 8.76. The SMILES string of the molecule is CC(C)(C)c1ccc(=O)n(CC2CCCN2CC2CCC2)n1. The second-order valence-corrected chi connectivity index (χ2v) is 8.08. The molecular formula is C18H29N3O. The van der Waals surface area contributed by atoms with Crippen LogP contribution in [0.5, 0.6) is 0 Å². The standard InChI is InChI=1S/C18H29N3O/c1-18(2,3)16-9-10-17(22)21(19-16)13-15-8-5-11-20(15)12-14-6-4-7-14/h9-10,14-15H,4-8,11-13H2,1-3H3. The van der Waals surface area contributed by atoms with E-state index in [0.717, 1.165) is 18.2 Å². The first kappa shape index (κ1) is 15.7. The Hall–Kier alpha value is -1.16. The number of rotatable bonds is 4. The van der Waals surface area contributed by atoms with Gasteiger partial charge in [0.1, 0.15) is 0 Å². The monoisotopic (exact) mass is 303 g/mol. The molecule has 0 spiro atoms. The molecule has 4 heteroatoms. The maximum absolute atomic E-state index is 12.2. The third-order valence-corrected chi connectivity index (χ3v) is 5.24. The smallest absolute Gasteiger partial charge is 0.266 e. The maximum Gasteiger partial charge on any atom is 0.266 e. The van der Waals surface area contributed by atoms with Gasteiger partial charge in [-0.15, -0.1) is 0 Å². The summed E-state index contributed by atoms with van der Waals surface area (Å²) in [5.41, 5.74) is 1.01. The minimum Gasteiger partial charge on any atom is -0.298 e. The van der Waals surface area contributed by atoms with E-state index in [2.05, 4.69) is 30.8 Å². The lowest BCUT2D eigenvalue weighted by Gasteiger charge is -2.33. The fourth-order valence-electron chi connectivity index (χ4n) is 3.53. The van der Waals surface area contributed by atoms with Crippen LogP contribution in [0.2, 0.25) is 0 Å². The van der Waals surface area contributed by atoms with Crippen molar-refractivity contribution in [3.63, 3.8) is 0 Å². The average Bonchev–Trinajstić information content (AvgIpc) is 2.82. The van der Waals surface area contributed by atoms with Crippen LogP contribution in [0.15, 0.2) is 16.9 Å². The number of likely N-dealkylation sites (tertiary alicyclic amines) is 1. The van der Waals surface area contributed by atoms with Crippen LogP contribution in [0, 0.1) is 5.92 Å². The molecule has 0 radical (unpaired) electrons. The molecular weight excluding hydrogens is 274 g/mol. The number of hydrogen-bond acceptors (Lipinski definition) is 3. The first-order valence-electron chi connectivity index (χ1n) is 8.76. The molecule has 4 nitrogen and oxygen atoms in total. The van der Waals surface area contributed by atoms with Crippen molar-refractivity contribution in [2.45, 2.75) is 70.9 Å². The van der Waals surface area contributed by atoms with E-state index >= 15 is 0 Å². The minimum absolute atomic E-state index is 0.0171. The summed E-state index contributed by atoms with van der Waals surface area (Å²) in [6.07, 6.45) is 6.63. The predicted octanol–water partition coefficient (Wildman–Crippen LogP) is 2.81. The molecule has 1 aromatic rings. The van der Waals surface area contributed by atoms with Crippen LogP contribution in [0.1, 0.15) is 58.6 Å². The van der Waals surface area contributed by atoms with Gasteiger partial charge in [-0.25, -0.2) is 4.68 Å². The second kappa shape index (κ2) is 6.15. The summed E-state index contributed by atoms with van der Waals surface area (Å²) < 4.78 is 1.70. The summed E-state index contributed by atoms with van der Waals surface area (Å²) in [6.45, 7) is 9.58. The summed E-state index contributed by atoms with van der Waals surface area (Å²) in [7, 11) is 0. The maximum atomic E-state index is 12.2. The lowest BCUT2D eigenvalue weighted by atomic mass is 9.85. The molecule has 1 aliphatic carbocycles. The van der Waals surface area contributed by atoms with Crippen molar-refractivity contribution in [3.05, 3.63) is 28.2 Å². The molecule has 0 amide bonds. The van der Waals surface area contributed by atoms with E-state index in [9.17, 15) is 4.79 Å². The zero-order chi connectivity index (χ0) is 15.7. The summed E-state index contributed by atoms with van der Waals surface area (Å²) in [5, 5.41) is 4.63. The molecule has 1 unspecified atom stereocenters. The highest BCUT2D eigenvalue weighted by Crippen LogP contribution is 2.30. The van der Waals surface area contributed by atoms with Crippen LogP contribution < -0.4 is 5.56 Å². The largest absolute Gasteiger partial charge is 0.298 e. The predicted molar refractivity (Wildman–Crippen MR) is 89.1 cm³/mol. The van der Waals surface area contributed by atoms with Gasteiger partial charge in [0.15, 0.2) is 0 Å². The fraction of sp³-hybridized carbons (Fsp3) is 0.778. The van der Waals surface area contributed by atoms with Crippen molar-refractivity contribution >= 4 is 0 Å². The van der Waals surface area contributed by atoms with Gasteiger partial charge in [-0.05, 0) is 44.2 Å². The molecule has 0 N–H and O–H groups in total. The summed E-state index contributed by atoms with van der Waals surface area (Å²) in [6, 6.07) is 4.04. The Balaban J connectivity index is 1.72. The highest BCUT2D eigenvalue weighted by molar-refractivity contribution is 5.10. The lowest BCUT2D eigenvalue weighted by Crippen LogP contribution is -2.41. The van der Waals surface area contributed by atoms with Crippen molar-refractivity contribution in [2.24, 2.45) is 5.92 Å². The quantitative estimate of drug-likeness (QED) is 0.858. The van der Waals surface area contributed by atoms with Crippen molar-refractivity contribution in [2.75, 3.05) is 13.1 Å². The van der Waals surface area contributed by atoms with Gasteiger partial charge in [-0.1, -0.05) is 27.2 Å². The van der Waals surface area contributed by atoms with Crippen LogP contribution in [0.25, 0.3) is 0 Å². The molecule has 1 saturated heterocycles. The van der Waals surface area contributed by atoms with E-state index < -0.39 is 0 Å². The zero-order valence-corrected chi connectivity index (χ0v) is 14.2. The van der Waals surface area contributed by atoms with Gasteiger partial charge in [-0.3, -0.25) is 9.69 Å². The highest BCUT2D eigenvalue weighted by Gasteiger charge is 2.29. The second-order valence-electron chi connectivity index (χ2n) is 8.08. The van der Waals surface area contributed by atoms with Gasteiger partial charge >= 0.3 is 0 Å². The van der Waals surface area contributed by atoms with Crippen molar-refractivity contribution in [1.29, 1.82) is 0 Å². The number of hydrogen-bond donors (Lipinski definition) is 0. The van der Waals surface area contributed by atoms with Gasteiger partial charge in [0.25, 0.3) is 5.56 Å². The molecule has 1 aliphatic heterocycles. The van der Waals surface area contributed by atoms with Crippen LogP contribution in [-0.4, -0.2) is 33.8 Å². The first-order chi connectivity index (χ1) is 10.4. The molecule has 1 atom stereocenters. The lowest BCUT2D eigenvalue weighted by molar-refractivity contribution is 0.152. The topological polar surface area (TPSA) is 38.1 Å². The van der Waals surface area contributed by atoms with E-state index in [1.165, 1.54) is 45.2 Å². The molecule has 2 fully saturated rings. The Morgan fingerprint density at radius 2 is 1.91 bits per heavy atom. The Labute approximate surface area is 133 Å². The van der Waals surface area contributed by atoms with E-state index in [4.69, 9.17) is 0 Å². The Morgan fingerprint density at radius 3 is 2.55 bits per heavy atom. The van der Waals surface area contributed by atoms with Crippen molar-refractivity contribution in [1.82, 2.24) is 14.7 Å². The van der Waals surface area contributed by atoms with Gasteiger partial charge in [0.2, 0.25) is 0 Å². The molecule has 1 aromatic heterocycles. The Bertz CT molecular complexity index is 568. The Kier molecular flexibility index (Phi) is 4.40. The third-order valence-electron chi connectivity index (χ3n) is 5.24. The van der Waals surface area contributed by atoms with Gasteiger partial charge < -0.3 is 0 Å². The Morgan fingerprint density at radius 1 is 1.14 bits per heavy atom. The van der Waals surface area contributed by atoms with Crippen LogP contribution in [0.4, 0.5) is 0 Å². The molecule has 2 heterocycles. The number of aromatic nitrogens is 2. The zero-order valence-electron chi connectivity index (χ0n) is 14.2. The van der Waals surface area contributed by atoms with E-state index in [-0.39, 0.29) is 11.0 Å². The summed E-state index contributed by atoms with van der Waals surface area (Å²) in [5.74, 6) is 0.895. The van der Waals surface area contributed by atoms with Crippen LogP contribution >= 0.6 is 0 Å². The molecule has 0 aromatic carbocycles. The van der Waals surface area contributed by atoms with Crippen LogP contribution in [-0.2, 0) is 12.0 Å². The van der Waals surface area contributed by atoms with E-state index in [1.54, 1.807) is 10.7 Å². The minimum atomic E-state index is -0.0171. The third kappa shape index (κ3) is 3.43. The van der Waals surface area contributed by atoms with Crippen molar-refractivity contribution < 1.29 is 0 Å². The highest BCUT2D eigenvalue weighted by atomic mass is 16.1.